The van der Waals surface area contributed by atoms with Crippen LogP contribution in [0.5, 0.6) is 0 Å². The predicted octanol–water partition coefficient (Wildman–Crippen LogP) is 0.664. The second-order valence-corrected chi connectivity index (χ2v) is 0.882. The van der Waals surface area contributed by atoms with Crippen LogP contribution in [-0.4, -0.2) is 4.92 Å². The molecule has 0 fully saturated rings. The Labute approximate surface area is 40.2 Å². The first kappa shape index (κ1) is 5.49. The van der Waals surface area contributed by atoms with E-state index in [-0.39, 0.29) is 0 Å². The number of thiol groups is 1. The maximum absolute atomic E-state index is 9.27. The number of hydrogen-bond donors (Lipinski definition) is 1. The predicted molar refractivity (Wildman–Crippen MR) is 25.1 cm³/mol. The van der Waals surface area contributed by atoms with E-state index in [2.05, 4.69) is 12.6 Å². The summed E-state index contributed by atoms with van der Waals surface area (Å²) in [6.07, 6.45) is 0.753. The van der Waals surface area contributed by atoms with E-state index < -0.39 is 4.92 Å². The van der Waals surface area contributed by atoms with Gasteiger partial charge in [0.15, 0.2) is 0 Å². The molecule has 0 aliphatic rings. The molecule has 4 heteroatoms. The lowest BCUT2D eigenvalue weighted by molar-refractivity contribution is -0.402. The zero-order chi connectivity index (χ0) is 4.99. The van der Waals surface area contributed by atoms with E-state index in [9.17, 15) is 10.1 Å². The van der Waals surface area contributed by atoms with Crippen molar-refractivity contribution < 1.29 is 4.92 Å². The van der Waals surface area contributed by atoms with E-state index in [0.717, 1.165) is 11.6 Å². The van der Waals surface area contributed by atoms with Crippen molar-refractivity contribution in [3.05, 3.63) is 21.7 Å². The van der Waals surface area contributed by atoms with Crippen LogP contribution >= 0.6 is 12.6 Å². The zero-order valence-electron chi connectivity index (χ0n) is 2.87. The average molecular weight is 105 g/mol. The highest BCUT2D eigenvalue weighted by molar-refractivity contribution is 7.83. The average Bonchev–Trinajstić information content (AvgIpc) is 1.35. The summed E-state index contributed by atoms with van der Waals surface area (Å²) in [6, 6.07) is 0. The molecule has 0 N–H and O–H groups in total. The monoisotopic (exact) mass is 105 g/mol. The van der Waals surface area contributed by atoms with Gasteiger partial charge in [0.25, 0.3) is 0 Å². The van der Waals surface area contributed by atoms with Gasteiger partial charge in [0.2, 0.25) is 6.20 Å². The van der Waals surface area contributed by atoms with Crippen LogP contribution in [0.15, 0.2) is 11.6 Å². The third-order valence-corrected chi connectivity index (χ3v) is 0.322. The Morgan fingerprint density at radius 2 is 2.33 bits per heavy atom. The van der Waals surface area contributed by atoms with Crippen molar-refractivity contribution in [3.63, 3.8) is 0 Å². The molecule has 0 aromatic carbocycles. The van der Waals surface area contributed by atoms with Crippen LogP contribution in [0, 0.1) is 10.1 Å². The molecule has 0 bridgehead atoms. The molecule has 0 aliphatic carbocycles. The molecule has 0 saturated carbocycles. The molecule has 0 spiro atoms. The van der Waals surface area contributed by atoms with Crippen molar-refractivity contribution in [1.29, 1.82) is 0 Å². The van der Waals surface area contributed by atoms with Crippen molar-refractivity contribution in [2.75, 3.05) is 0 Å². The van der Waals surface area contributed by atoms with E-state index >= 15 is 0 Å². The van der Waals surface area contributed by atoms with Crippen molar-refractivity contribution in [2.45, 2.75) is 0 Å². The molecule has 34 valence electrons. The Hall–Kier alpha value is -0.510. The second-order valence-electron chi connectivity index (χ2n) is 0.583. The maximum atomic E-state index is 9.27. The summed E-state index contributed by atoms with van der Waals surface area (Å²) < 4.78 is 0. The Morgan fingerprint density at radius 3 is 2.33 bits per heavy atom. The van der Waals surface area contributed by atoms with Gasteiger partial charge in [0.1, 0.15) is 0 Å². The minimum atomic E-state index is -0.576. The molecule has 0 aromatic rings. The molecule has 0 aliphatic heterocycles. The van der Waals surface area contributed by atoms with Gasteiger partial charge in [0, 0.05) is 5.41 Å². The van der Waals surface area contributed by atoms with E-state index in [4.69, 9.17) is 0 Å². The number of nitrogens with zero attached hydrogens (tertiary/aromatic N) is 1. The fraction of sp³-hybridized carbons (Fsp3) is 0. The van der Waals surface area contributed by atoms with Gasteiger partial charge in [-0.05, 0) is 0 Å². The Morgan fingerprint density at radius 1 is 1.83 bits per heavy atom. The summed E-state index contributed by atoms with van der Waals surface area (Å²) in [5.74, 6) is 0. The summed E-state index contributed by atoms with van der Waals surface area (Å²) in [5, 5.41) is 10.3. The number of hydrogen-bond acceptors (Lipinski definition) is 3. The van der Waals surface area contributed by atoms with Gasteiger partial charge >= 0.3 is 0 Å². The molecule has 0 saturated heterocycles. The molecule has 0 unspecified atom stereocenters. The van der Waals surface area contributed by atoms with E-state index in [1.165, 1.54) is 0 Å². The van der Waals surface area contributed by atoms with E-state index in [1.807, 2.05) is 0 Å². The summed E-state index contributed by atoms with van der Waals surface area (Å²) in [7, 11) is 0. The molecule has 0 aromatic heterocycles. The van der Waals surface area contributed by atoms with Crippen LogP contribution in [0.25, 0.3) is 0 Å². The third kappa shape index (κ3) is 3.49. The van der Waals surface area contributed by atoms with Gasteiger partial charge in [-0.2, -0.15) is 0 Å². The fourth-order valence-electron chi connectivity index (χ4n) is 0.0544. The molecule has 6 heavy (non-hydrogen) atoms. The standard InChI is InChI=1S/C2H3NO2S/c4-3(5)1-2-6/h1-2,6H/b2-1+. The lowest BCUT2D eigenvalue weighted by Crippen LogP contribution is -1.78. The van der Waals surface area contributed by atoms with Crippen LogP contribution in [0.1, 0.15) is 0 Å². The quantitative estimate of drug-likeness (QED) is 0.302. The maximum Gasteiger partial charge on any atom is 0.240 e. The van der Waals surface area contributed by atoms with Crippen LogP contribution in [0.2, 0.25) is 0 Å². The lowest BCUT2D eigenvalue weighted by atomic mass is 11.1. The molecular formula is C2H3NO2S. The van der Waals surface area contributed by atoms with E-state index in [1.54, 1.807) is 0 Å². The Balaban J connectivity index is 3.30. The van der Waals surface area contributed by atoms with Crippen LogP contribution in [0.3, 0.4) is 0 Å². The van der Waals surface area contributed by atoms with Crippen molar-refractivity contribution in [2.24, 2.45) is 0 Å². The molecular weight excluding hydrogens is 102 g/mol. The van der Waals surface area contributed by atoms with Crippen molar-refractivity contribution in [3.8, 4) is 0 Å². The highest BCUT2D eigenvalue weighted by Gasteiger charge is 1.74. The van der Waals surface area contributed by atoms with Crippen molar-refractivity contribution in [1.82, 2.24) is 0 Å². The highest BCUT2D eigenvalue weighted by Crippen LogP contribution is 1.74. The van der Waals surface area contributed by atoms with Crippen LogP contribution in [0.4, 0.5) is 0 Å². The first-order valence-corrected chi connectivity index (χ1v) is 1.73. The smallest absolute Gasteiger partial charge is 0.240 e. The van der Waals surface area contributed by atoms with Gasteiger partial charge in [-0.15, -0.1) is 12.6 Å². The third-order valence-electron chi connectivity index (χ3n) is 0.188. The molecule has 0 rings (SSSR count). The van der Waals surface area contributed by atoms with E-state index in [0.29, 0.717) is 0 Å². The van der Waals surface area contributed by atoms with Gasteiger partial charge in [-0.1, -0.05) is 0 Å². The zero-order valence-corrected chi connectivity index (χ0v) is 3.76. The Kier molecular flexibility index (Phi) is 2.48. The fourth-order valence-corrected chi connectivity index (χ4v) is 0.163. The summed E-state index contributed by atoms with van der Waals surface area (Å²) in [4.78, 5) is 8.69. The normalized spacial score (nSPS) is 9.50. The molecule has 0 heterocycles. The van der Waals surface area contributed by atoms with Gasteiger partial charge in [-0.25, -0.2) is 0 Å². The van der Waals surface area contributed by atoms with Crippen molar-refractivity contribution >= 4 is 12.6 Å². The minimum Gasteiger partial charge on any atom is -0.259 e. The van der Waals surface area contributed by atoms with Gasteiger partial charge < -0.3 is 0 Å². The first-order chi connectivity index (χ1) is 2.77. The minimum absolute atomic E-state index is 0.576. The van der Waals surface area contributed by atoms with Gasteiger partial charge in [-0.3, -0.25) is 10.1 Å². The summed E-state index contributed by atoms with van der Waals surface area (Å²) in [6.45, 7) is 0. The largest absolute Gasteiger partial charge is 0.259 e. The van der Waals surface area contributed by atoms with Gasteiger partial charge in [0.05, 0.1) is 4.92 Å². The summed E-state index contributed by atoms with van der Waals surface area (Å²) >= 11 is 3.44. The highest BCUT2D eigenvalue weighted by atomic mass is 32.1. The topological polar surface area (TPSA) is 43.1 Å². The lowest BCUT2D eigenvalue weighted by Gasteiger charge is -1.68. The summed E-state index contributed by atoms with van der Waals surface area (Å²) in [5.41, 5.74) is 0. The number of nitro groups is 1. The Bertz CT molecular complexity index is 79.6. The molecule has 0 radical (unpaired) electrons. The molecule has 0 atom stereocenters. The first-order valence-electron chi connectivity index (χ1n) is 1.21. The molecule has 3 nitrogen and oxygen atoms in total. The SMILES string of the molecule is O=[N+]([O-])/C=C/S. The van der Waals surface area contributed by atoms with Crippen LogP contribution < -0.4 is 0 Å². The second kappa shape index (κ2) is 2.71. The van der Waals surface area contributed by atoms with Crippen LogP contribution in [-0.2, 0) is 0 Å². The molecule has 0 amide bonds. The number of rotatable bonds is 1.